The maximum Gasteiger partial charge on any atom is 0.382 e. The van der Waals surface area contributed by atoms with Crippen molar-refractivity contribution in [3.63, 3.8) is 0 Å². The quantitative estimate of drug-likeness (QED) is 0.831. The molecule has 1 unspecified atom stereocenters. The van der Waals surface area contributed by atoms with Crippen LogP contribution in [0.25, 0.3) is 0 Å². The highest BCUT2D eigenvalue weighted by Gasteiger charge is 2.17. The summed E-state index contributed by atoms with van der Waals surface area (Å²) in [6.45, 7) is 0. The average molecular weight is 307 g/mol. The Bertz CT molecular complexity index is 752. The van der Waals surface area contributed by atoms with E-state index in [0.29, 0.717) is 5.56 Å². The number of rotatable bonds is 2. The van der Waals surface area contributed by atoms with E-state index in [1.807, 2.05) is 24.1 Å². The lowest BCUT2D eigenvalue weighted by molar-refractivity contribution is -0.137. The molecule has 2 N–H and O–H groups in total. The fraction of sp³-hybridized carbons (Fsp3) is 0.0556. The molecule has 2 aromatic carbocycles. The molecule has 0 amide bonds. The van der Waals surface area contributed by atoms with Gasteiger partial charge in [0.05, 0.1) is 6.07 Å². The van der Waals surface area contributed by atoms with Crippen molar-refractivity contribution in [2.45, 2.75) is 5.92 Å². The molecule has 0 fully saturated rings. The van der Waals surface area contributed by atoms with Crippen molar-refractivity contribution in [2.75, 3.05) is 0 Å². The lowest BCUT2D eigenvalue weighted by Crippen LogP contribution is -2.08. The number of aliphatic carboxylic acids is 2. The predicted octanol–water partition coefficient (Wildman–Crippen LogP) is 2.50. The molecule has 0 spiro atoms. The second kappa shape index (κ2) is 9.38. The minimum Gasteiger partial charge on any atom is -0.480 e. The number of nitrogens with zero attached hydrogens (tertiary/aromatic N) is 1. The molecule has 114 valence electrons. The first-order valence-electron chi connectivity index (χ1n) is 6.52. The number of carboxylic acid groups (broad SMARTS) is 2. The lowest BCUT2D eigenvalue weighted by atomic mass is 10.0. The van der Waals surface area contributed by atoms with Crippen LogP contribution in [0.4, 0.5) is 0 Å². The van der Waals surface area contributed by atoms with Crippen molar-refractivity contribution in [2.24, 2.45) is 0 Å². The summed E-state index contributed by atoms with van der Waals surface area (Å²) < 4.78 is 0. The van der Waals surface area contributed by atoms with Crippen molar-refractivity contribution >= 4 is 11.9 Å². The molecule has 0 heterocycles. The van der Waals surface area contributed by atoms with Gasteiger partial charge in [-0.3, -0.25) is 4.79 Å². The van der Waals surface area contributed by atoms with Gasteiger partial charge in [0.2, 0.25) is 0 Å². The topological polar surface area (TPSA) is 98.4 Å². The minimum absolute atomic E-state index is 0.521. The SMILES string of the molecule is N#CC(C(=O)O)c1ccccc1.O=C(O)C#Cc1ccccc1. The lowest BCUT2D eigenvalue weighted by Gasteiger charge is -2.01. The van der Waals surface area contributed by atoms with Gasteiger partial charge in [-0.05, 0) is 17.7 Å². The summed E-state index contributed by atoms with van der Waals surface area (Å²) in [6, 6.07) is 19.2. The zero-order valence-corrected chi connectivity index (χ0v) is 12.0. The molecule has 23 heavy (non-hydrogen) atoms. The van der Waals surface area contributed by atoms with Crippen LogP contribution < -0.4 is 0 Å². The van der Waals surface area contributed by atoms with E-state index in [4.69, 9.17) is 15.5 Å². The van der Waals surface area contributed by atoms with Gasteiger partial charge in [0, 0.05) is 11.5 Å². The third-order valence-corrected chi connectivity index (χ3v) is 2.60. The number of benzene rings is 2. The maximum absolute atomic E-state index is 10.5. The number of nitriles is 1. The van der Waals surface area contributed by atoms with Gasteiger partial charge in [0.15, 0.2) is 5.92 Å². The van der Waals surface area contributed by atoms with Crippen molar-refractivity contribution in [1.29, 1.82) is 5.26 Å². The summed E-state index contributed by atoms with van der Waals surface area (Å²) >= 11 is 0. The monoisotopic (exact) mass is 307 g/mol. The molecule has 0 aliphatic carbocycles. The summed E-state index contributed by atoms with van der Waals surface area (Å²) in [7, 11) is 0. The van der Waals surface area contributed by atoms with E-state index in [1.54, 1.807) is 48.5 Å². The second-order valence-corrected chi connectivity index (χ2v) is 4.23. The molecule has 1 atom stereocenters. The Kier molecular flexibility index (Phi) is 7.13. The van der Waals surface area contributed by atoms with E-state index in [1.165, 1.54) is 0 Å². The Morgan fingerprint density at radius 2 is 1.43 bits per heavy atom. The normalized spacial score (nSPS) is 9.87. The first-order valence-corrected chi connectivity index (χ1v) is 6.52. The Hall–Kier alpha value is -3.57. The fourth-order valence-corrected chi connectivity index (χ4v) is 1.56. The van der Waals surface area contributed by atoms with Crippen LogP contribution in [0.15, 0.2) is 60.7 Å². The highest BCUT2D eigenvalue weighted by molar-refractivity contribution is 5.87. The van der Waals surface area contributed by atoms with Gasteiger partial charge in [-0.2, -0.15) is 5.26 Å². The Labute approximate surface area is 133 Å². The van der Waals surface area contributed by atoms with E-state index in [-0.39, 0.29) is 0 Å². The number of hydrogen-bond acceptors (Lipinski definition) is 3. The third-order valence-electron chi connectivity index (χ3n) is 2.60. The van der Waals surface area contributed by atoms with Crippen LogP contribution in [0.2, 0.25) is 0 Å². The molecule has 0 aliphatic rings. The predicted molar refractivity (Wildman–Crippen MR) is 83.4 cm³/mol. The van der Waals surface area contributed by atoms with Crippen LogP contribution in [0.5, 0.6) is 0 Å². The summed E-state index contributed by atoms with van der Waals surface area (Å²) in [6.07, 6.45) is 0. The number of hydrogen-bond donors (Lipinski definition) is 2. The van der Waals surface area contributed by atoms with E-state index in [0.717, 1.165) is 5.56 Å². The van der Waals surface area contributed by atoms with Crippen molar-refractivity contribution in [1.82, 2.24) is 0 Å². The van der Waals surface area contributed by atoms with Crippen molar-refractivity contribution in [3.05, 3.63) is 71.8 Å². The fourth-order valence-electron chi connectivity index (χ4n) is 1.56. The Morgan fingerprint density at radius 3 is 1.87 bits per heavy atom. The van der Waals surface area contributed by atoms with Crippen molar-refractivity contribution < 1.29 is 19.8 Å². The van der Waals surface area contributed by atoms with E-state index in [2.05, 4.69) is 5.92 Å². The first kappa shape index (κ1) is 17.5. The smallest absolute Gasteiger partial charge is 0.382 e. The molecule has 0 aromatic heterocycles. The van der Waals surface area contributed by atoms with Gasteiger partial charge in [-0.1, -0.05) is 54.5 Å². The van der Waals surface area contributed by atoms with Gasteiger partial charge in [0.1, 0.15) is 0 Å². The molecule has 2 aromatic rings. The largest absolute Gasteiger partial charge is 0.480 e. The zero-order chi connectivity index (χ0) is 17.1. The van der Waals surface area contributed by atoms with Crippen LogP contribution in [0.3, 0.4) is 0 Å². The molecule has 0 aliphatic heterocycles. The highest BCUT2D eigenvalue weighted by Crippen LogP contribution is 2.13. The van der Waals surface area contributed by atoms with Gasteiger partial charge in [-0.15, -0.1) is 0 Å². The third kappa shape index (κ3) is 6.61. The summed E-state index contributed by atoms with van der Waals surface area (Å²) in [5.41, 5.74) is 1.24. The van der Waals surface area contributed by atoms with Crippen molar-refractivity contribution in [3.8, 4) is 17.9 Å². The zero-order valence-electron chi connectivity index (χ0n) is 12.0. The highest BCUT2D eigenvalue weighted by atomic mass is 16.4. The Balaban J connectivity index is 0.000000231. The molecular weight excluding hydrogens is 294 g/mol. The molecule has 5 nitrogen and oxygen atoms in total. The molecular formula is C18H13NO4. The van der Waals surface area contributed by atoms with E-state index >= 15 is 0 Å². The second-order valence-electron chi connectivity index (χ2n) is 4.23. The number of carboxylic acids is 2. The van der Waals surface area contributed by atoms with Crippen LogP contribution in [-0.4, -0.2) is 22.2 Å². The standard InChI is InChI=1S/C9H7NO2.C9H6O2/c10-6-8(9(11)12)7-4-2-1-3-5-7;10-9(11)7-6-8-4-2-1-3-5-8/h1-5,8H,(H,11,12);1-5H,(H,10,11). The molecule has 2 rings (SSSR count). The van der Waals surface area contributed by atoms with Crippen LogP contribution in [-0.2, 0) is 9.59 Å². The van der Waals surface area contributed by atoms with Gasteiger partial charge < -0.3 is 10.2 Å². The van der Waals surface area contributed by atoms with Crippen LogP contribution in [0, 0.1) is 23.2 Å². The average Bonchev–Trinajstić information content (AvgIpc) is 2.56. The van der Waals surface area contributed by atoms with Gasteiger partial charge in [0.25, 0.3) is 0 Å². The number of carbonyl (C=O) groups is 2. The van der Waals surface area contributed by atoms with E-state index < -0.39 is 17.9 Å². The molecule has 0 radical (unpaired) electrons. The summed E-state index contributed by atoms with van der Waals surface area (Å²) in [5, 5.41) is 25.3. The van der Waals surface area contributed by atoms with Gasteiger partial charge in [-0.25, -0.2) is 4.79 Å². The summed E-state index contributed by atoms with van der Waals surface area (Å²) in [5.74, 6) is 1.26. The molecule has 0 saturated heterocycles. The molecule has 0 bridgehead atoms. The van der Waals surface area contributed by atoms with Crippen LogP contribution >= 0.6 is 0 Å². The maximum atomic E-state index is 10.5. The minimum atomic E-state index is -1.11. The Morgan fingerprint density at radius 1 is 0.913 bits per heavy atom. The molecule has 5 heteroatoms. The van der Waals surface area contributed by atoms with Crippen LogP contribution in [0.1, 0.15) is 17.0 Å². The van der Waals surface area contributed by atoms with Gasteiger partial charge >= 0.3 is 11.9 Å². The first-order chi connectivity index (χ1) is 11.0. The van der Waals surface area contributed by atoms with E-state index in [9.17, 15) is 9.59 Å². The summed E-state index contributed by atoms with van der Waals surface area (Å²) in [4.78, 5) is 20.5. The molecule has 0 saturated carbocycles.